The number of benzene rings is 1. The molecule has 1 N–H and O–H groups in total. The first-order valence-corrected chi connectivity index (χ1v) is 10.6. The highest BCUT2D eigenvalue weighted by Crippen LogP contribution is 2.32. The quantitative estimate of drug-likeness (QED) is 0.804. The van der Waals surface area contributed by atoms with E-state index >= 15 is 0 Å². The maximum atomic E-state index is 13.0. The molecule has 2 heterocycles. The highest BCUT2D eigenvalue weighted by Gasteiger charge is 2.32. The molecule has 162 valence electrons. The Hall–Kier alpha value is -2.70. The van der Waals surface area contributed by atoms with Gasteiger partial charge in [0.15, 0.2) is 5.82 Å². The van der Waals surface area contributed by atoms with E-state index in [1.165, 1.54) is 0 Å². The van der Waals surface area contributed by atoms with Crippen molar-refractivity contribution >= 4 is 17.5 Å². The number of nitrogens with one attached hydrogen (secondary N) is 1. The molecule has 0 spiro atoms. The van der Waals surface area contributed by atoms with Crippen molar-refractivity contribution in [1.29, 1.82) is 0 Å². The Kier molecular flexibility index (Phi) is 6.29. The number of aryl methyl sites for hydroxylation is 1. The molecule has 1 fully saturated rings. The van der Waals surface area contributed by atoms with Crippen LogP contribution in [0.5, 0.6) is 0 Å². The average molecular weight is 413 g/mol. The van der Waals surface area contributed by atoms with Crippen LogP contribution in [0.15, 0.2) is 22.7 Å². The summed E-state index contributed by atoms with van der Waals surface area (Å²) in [6, 6.07) is 5.74. The highest BCUT2D eigenvalue weighted by molar-refractivity contribution is 5.97. The number of anilines is 1. The lowest BCUT2D eigenvalue weighted by molar-refractivity contribution is -0.142. The second-order valence-corrected chi connectivity index (χ2v) is 9.42. The average Bonchev–Trinajstić information content (AvgIpc) is 3.18. The summed E-state index contributed by atoms with van der Waals surface area (Å²) in [5.74, 6) is 1.18. The largest absolute Gasteiger partial charge is 0.342 e. The van der Waals surface area contributed by atoms with Crippen LogP contribution in [0.25, 0.3) is 11.5 Å². The standard InChI is InChI=1S/C23H32N4O3/c1-14(2)19-25-21(30-26-19)17-9-7-8-15(3)18(17)24-20(28)16-10-12-27(13-11-16)22(29)23(4,5)6/h7-9,14,16H,10-13H2,1-6H3,(H,24,28). The van der Waals surface area contributed by atoms with Gasteiger partial charge in [-0.05, 0) is 31.4 Å². The molecule has 1 saturated heterocycles. The first kappa shape index (κ1) is 22.0. The van der Waals surface area contributed by atoms with Gasteiger partial charge in [0.2, 0.25) is 11.8 Å². The van der Waals surface area contributed by atoms with Gasteiger partial charge in [0.1, 0.15) is 0 Å². The monoisotopic (exact) mass is 412 g/mol. The lowest BCUT2D eigenvalue weighted by Gasteiger charge is -2.35. The number of rotatable bonds is 4. The van der Waals surface area contributed by atoms with Gasteiger partial charge in [-0.1, -0.05) is 51.9 Å². The molecule has 7 heteroatoms. The normalized spacial score (nSPS) is 15.5. The van der Waals surface area contributed by atoms with Crippen LogP contribution in [-0.4, -0.2) is 39.9 Å². The Balaban J connectivity index is 1.72. The summed E-state index contributed by atoms with van der Waals surface area (Å²) in [4.78, 5) is 31.8. The van der Waals surface area contributed by atoms with E-state index in [1.807, 2.05) is 64.6 Å². The maximum Gasteiger partial charge on any atom is 0.260 e. The topological polar surface area (TPSA) is 88.3 Å². The van der Waals surface area contributed by atoms with Crippen molar-refractivity contribution in [2.45, 2.75) is 60.3 Å². The van der Waals surface area contributed by atoms with Crippen LogP contribution in [0, 0.1) is 18.3 Å². The minimum atomic E-state index is -0.399. The fourth-order valence-corrected chi connectivity index (χ4v) is 3.64. The van der Waals surface area contributed by atoms with Crippen LogP contribution in [0.4, 0.5) is 5.69 Å². The summed E-state index contributed by atoms with van der Waals surface area (Å²) in [6.07, 6.45) is 1.32. The second-order valence-electron chi connectivity index (χ2n) is 9.42. The fraction of sp³-hybridized carbons (Fsp3) is 0.565. The smallest absolute Gasteiger partial charge is 0.260 e. The minimum Gasteiger partial charge on any atom is -0.342 e. The zero-order valence-electron chi connectivity index (χ0n) is 18.8. The summed E-state index contributed by atoms with van der Waals surface area (Å²) in [6.45, 7) is 13.0. The molecule has 7 nitrogen and oxygen atoms in total. The summed E-state index contributed by atoms with van der Waals surface area (Å²) < 4.78 is 5.45. The minimum absolute atomic E-state index is 0.0305. The van der Waals surface area contributed by atoms with Crippen molar-refractivity contribution in [3.8, 4) is 11.5 Å². The van der Waals surface area contributed by atoms with Gasteiger partial charge in [-0.15, -0.1) is 0 Å². The summed E-state index contributed by atoms with van der Waals surface area (Å²) in [7, 11) is 0. The summed E-state index contributed by atoms with van der Waals surface area (Å²) in [5, 5.41) is 7.13. The fourth-order valence-electron chi connectivity index (χ4n) is 3.64. The molecule has 30 heavy (non-hydrogen) atoms. The van der Waals surface area contributed by atoms with Gasteiger partial charge in [0, 0.05) is 30.3 Å². The number of para-hydroxylation sites is 1. The highest BCUT2D eigenvalue weighted by atomic mass is 16.5. The molecule has 0 atom stereocenters. The van der Waals surface area contributed by atoms with Gasteiger partial charge in [-0.25, -0.2) is 0 Å². The van der Waals surface area contributed by atoms with Gasteiger partial charge in [-0.3, -0.25) is 9.59 Å². The molecule has 0 radical (unpaired) electrons. The predicted molar refractivity (Wildman–Crippen MR) is 116 cm³/mol. The molecule has 1 aromatic carbocycles. The van der Waals surface area contributed by atoms with E-state index in [0.29, 0.717) is 43.3 Å². The van der Waals surface area contributed by atoms with Crippen molar-refractivity contribution < 1.29 is 14.1 Å². The number of carbonyl (C=O) groups excluding carboxylic acids is 2. The van der Waals surface area contributed by atoms with Gasteiger partial charge < -0.3 is 14.7 Å². The Labute approximate surface area is 178 Å². The van der Waals surface area contributed by atoms with E-state index in [1.54, 1.807) is 0 Å². The Morgan fingerprint density at radius 3 is 2.43 bits per heavy atom. The van der Waals surface area contributed by atoms with Crippen LogP contribution >= 0.6 is 0 Å². The van der Waals surface area contributed by atoms with E-state index in [2.05, 4.69) is 15.5 Å². The number of nitrogens with zero attached hydrogens (tertiary/aromatic N) is 3. The molecule has 0 aliphatic carbocycles. The van der Waals surface area contributed by atoms with Gasteiger partial charge in [0.05, 0.1) is 11.3 Å². The first-order valence-electron chi connectivity index (χ1n) is 10.6. The number of carbonyl (C=O) groups is 2. The summed E-state index contributed by atoms with van der Waals surface area (Å²) >= 11 is 0. The van der Waals surface area contributed by atoms with E-state index in [4.69, 9.17) is 4.52 Å². The number of hydrogen-bond acceptors (Lipinski definition) is 5. The zero-order chi connectivity index (χ0) is 22.1. The van der Waals surface area contributed by atoms with Crippen molar-refractivity contribution in [2.24, 2.45) is 11.3 Å². The number of aromatic nitrogens is 2. The van der Waals surface area contributed by atoms with Crippen LogP contribution in [0.2, 0.25) is 0 Å². The van der Waals surface area contributed by atoms with Crippen LogP contribution < -0.4 is 5.32 Å². The molecular weight excluding hydrogens is 380 g/mol. The first-order chi connectivity index (χ1) is 14.1. The van der Waals surface area contributed by atoms with Crippen molar-refractivity contribution in [2.75, 3.05) is 18.4 Å². The van der Waals surface area contributed by atoms with Gasteiger partial charge in [-0.2, -0.15) is 4.98 Å². The van der Waals surface area contributed by atoms with E-state index in [0.717, 1.165) is 11.1 Å². The molecule has 0 unspecified atom stereocenters. The third-order valence-electron chi connectivity index (χ3n) is 5.50. The van der Waals surface area contributed by atoms with Crippen LogP contribution in [0.1, 0.15) is 64.8 Å². The summed E-state index contributed by atoms with van der Waals surface area (Å²) in [5.41, 5.74) is 1.97. The van der Waals surface area contributed by atoms with E-state index in [9.17, 15) is 9.59 Å². The third-order valence-corrected chi connectivity index (χ3v) is 5.50. The maximum absolute atomic E-state index is 13.0. The molecule has 2 amide bonds. The molecule has 0 saturated carbocycles. The lowest BCUT2D eigenvalue weighted by Crippen LogP contribution is -2.45. The van der Waals surface area contributed by atoms with E-state index < -0.39 is 5.41 Å². The van der Waals surface area contributed by atoms with E-state index in [-0.39, 0.29) is 23.7 Å². The second kappa shape index (κ2) is 8.58. The zero-order valence-corrected chi connectivity index (χ0v) is 18.8. The predicted octanol–water partition coefficient (Wildman–Crippen LogP) is 4.39. The number of piperidine rings is 1. The SMILES string of the molecule is Cc1cccc(-c2nc(C(C)C)no2)c1NC(=O)C1CCN(C(=O)C(C)(C)C)CC1. The number of amides is 2. The molecule has 1 aromatic heterocycles. The van der Waals surface area contributed by atoms with Gasteiger partial charge >= 0.3 is 0 Å². The van der Waals surface area contributed by atoms with Crippen LogP contribution in [0.3, 0.4) is 0 Å². The molecule has 1 aliphatic rings. The number of hydrogen-bond donors (Lipinski definition) is 1. The molecule has 1 aliphatic heterocycles. The van der Waals surface area contributed by atoms with Crippen molar-refractivity contribution in [1.82, 2.24) is 15.0 Å². The lowest BCUT2D eigenvalue weighted by atomic mass is 9.90. The van der Waals surface area contributed by atoms with Crippen molar-refractivity contribution in [3.05, 3.63) is 29.6 Å². The molecule has 0 bridgehead atoms. The number of likely N-dealkylation sites (tertiary alicyclic amines) is 1. The molecule has 2 aromatic rings. The molecular formula is C23H32N4O3. The molecule has 3 rings (SSSR count). The van der Waals surface area contributed by atoms with Crippen LogP contribution in [-0.2, 0) is 9.59 Å². The Morgan fingerprint density at radius 1 is 1.20 bits per heavy atom. The van der Waals surface area contributed by atoms with Crippen molar-refractivity contribution in [3.63, 3.8) is 0 Å². The Morgan fingerprint density at radius 2 is 1.87 bits per heavy atom. The Bertz CT molecular complexity index is 919. The van der Waals surface area contributed by atoms with Gasteiger partial charge in [0.25, 0.3) is 5.89 Å². The third kappa shape index (κ3) is 4.71.